The van der Waals surface area contributed by atoms with Gasteiger partial charge in [0.1, 0.15) is 0 Å². The van der Waals surface area contributed by atoms with Crippen molar-refractivity contribution in [3.05, 3.63) is 36.4 Å². The lowest BCUT2D eigenvalue weighted by molar-refractivity contribution is -0.170. The summed E-state index contributed by atoms with van der Waals surface area (Å²) in [6.07, 6.45) is -5.05. The van der Waals surface area contributed by atoms with E-state index >= 15 is 0 Å². The van der Waals surface area contributed by atoms with Crippen molar-refractivity contribution < 1.29 is 33.3 Å². The second-order valence-electron chi connectivity index (χ2n) is 9.70. The molecule has 4 rings (SSSR count). The van der Waals surface area contributed by atoms with E-state index in [-0.39, 0.29) is 25.5 Å². The topological polar surface area (TPSA) is 90.7 Å². The van der Waals surface area contributed by atoms with Gasteiger partial charge in [-0.1, -0.05) is 24.3 Å². The van der Waals surface area contributed by atoms with Crippen LogP contribution in [0, 0.1) is 0 Å². The molecule has 4 aromatic rings. The van der Waals surface area contributed by atoms with E-state index in [1.54, 1.807) is 23.5 Å². The minimum Gasteiger partial charge on any atom is -0.395 e. The summed E-state index contributed by atoms with van der Waals surface area (Å²) in [6.45, 7) is 1.02. The zero-order chi connectivity index (χ0) is 30.8. The largest absolute Gasteiger partial charge is 0.471 e. The predicted octanol–water partition coefficient (Wildman–Crippen LogP) is 4.90. The van der Waals surface area contributed by atoms with Crippen molar-refractivity contribution in [1.29, 1.82) is 0 Å². The number of amides is 1. The lowest BCUT2D eigenvalue weighted by atomic mass is 9.93. The number of alkyl halides is 3. The summed E-state index contributed by atoms with van der Waals surface area (Å²) in [4.78, 5) is 15.5. The zero-order valence-electron chi connectivity index (χ0n) is 23.6. The lowest BCUT2D eigenvalue weighted by Gasteiger charge is -2.26. The molecule has 14 heteroatoms. The van der Waals surface area contributed by atoms with Gasteiger partial charge in [0.2, 0.25) is 0 Å². The Morgan fingerprint density at radius 1 is 0.667 bits per heavy atom. The maximum Gasteiger partial charge on any atom is 0.471 e. The number of aliphatic hydroxyl groups excluding tert-OH is 3. The van der Waals surface area contributed by atoms with Crippen LogP contribution in [0.25, 0.3) is 32.3 Å². The van der Waals surface area contributed by atoms with Crippen molar-refractivity contribution >= 4 is 79.8 Å². The number of nitrogens with zero attached hydrogens (tertiary/aromatic N) is 4. The summed E-state index contributed by atoms with van der Waals surface area (Å²) in [5, 5.41) is 33.1. The molecule has 1 amide bonds. The molecule has 228 valence electrons. The third-order valence-electron chi connectivity index (χ3n) is 6.68. The van der Waals surface area contributed by atoms with Gasteiger partial charge in [-0.05, 0) is 90.7 Å². The van der Waals surface area contributed by atoms with Gasteiger partial charge >= 0.3 is 12.1 Å². The van der Waals surface area contributed by atoms with Gasteiger partial charge in [-0.3, -0.25) is 4.79 Å². The number of aliphatic hydroxyl groups is 3. The zero-order valence-corrected chi connectivity index (χ0v) is 26.1. The first kappa shape index (κ1) is 32.9. The molecule has 0 atom stereocenters. The van der Waals surface area contributed by atoms with Gasteiger partial charge in [0.05, 0.1) is 25.5 Å². The standard InChI is InChI=1S/C28H33F3N4O4S3/c1-32(9-12-36)40-22-15-21(35(4)27(39)28(29,30)31)17-5-6-19-23(41-33(2)10-13-37)16-24(42-34(3)11-14-38)20-8-7-18(22)25(17)26(19)20/h5-8,15-16,36-38H,9-14H2,1-4H3. The third-order valence-corrected chi connectivity index (χ3v) is 9.76. The molecule has 0 fully saturated rings. The molecule has 0 aliphatic heterocycles. The maximum atomic E-state index is 13.6. The number of hydrogen-bond acceptors (Lipinski definition) is 10. The SMILES string of the molecule is CN(CCO)Sc1cc(SN(C)CCO)c2ccc3c(N(C)C(=O)C(F)(F)F)cc(SN(C)CCO)c4ccc1c2c43. The fraction of sp³-hybridized carbons (Fsp3) is 0.393. The Kier molecular flexibility index (Phi) is 10.8. The van der Waals surface area contributed by atoms with Crippen LogP contribution in [-0.2, 0) is 4.79 Å². The molecular formula is C28H33F3N4O4S3. The number of likely N-dealkylation sites (N-methyl/N-ethyl adjacent to an activating group) is 3. The Balaban J connectivity index is 2.08. The highest BCUT2D eigenvalue weighted by Crippen LogP contribution is 2.48. The Morgan fingerprint density at radius 3 is 1.40 bits per heavy atom. The van der Waals surface area contributed by atoms with Crippen LogP contribution in [0.5, 0.6) is 0 Å². The summed E-state index contributed by atoms with van der Waals surface area (Å²) in [6, 6.07) is 11.2. The number of benzene rings is 4. The van der Waals surface area contributed by atoms with Crippen molar-refractivity contribution in [2.24, 2.45) is 0 Å². The second kappa shape index (κ2) is 13.7. The Labute approximate surface area is 255 Å². The first-order valence-corrected chi connectivity index (χ1v) is 15.4. The molecule has 8 nitrogen and oxygen atoms in total. The van der Waals surface area contributed by atoms with Crippen LogP contribution in [0.15, 0.2) is 51.1 Å². The molecule has 0 aliphatic rings. The molecule has 3 N–H and O–H groups in total. The van der Waals surface area contributed by atoms with Crippen LogP contribution < -0.4 is 4.90 Å². The summed E-state index contributed by atoms with van der Waals surface area (Å²) < 4.78 is 46.4. The van der Waals surface area contributed by atoms with E-state index in [0.29, 0.717) is 34.8 Å². The number of carbonyl (C=O) groups excluding carboxylic acids is 1. The molecule has 4 aromatic carbocycles. The average Bonchev–Trinajstić information content (AvgIpc) is 2.92. The Morgan fingerprint density at radius 2 is 1.02 bits per heavy atom. The van der Waals surface area contributed by atoms with Gasteiger partial charge in [-0.2, -0.15) is 13.2 Å². The van der Waals surface area contributed by atoms with E-state index in [2.05, 4.69) is 0 Å². The van der Waals surface area contributed by atoms with Crippen LogP contribution in [0.3, 0.4) is 0 Å². The highest BCUT2D eigenvalue weighted by molar-refractivity contribution is 7.98. The minimum atomic E-state index is -5.05. The maximum absolute atomic E-state index is 13.6. The molecule has 0 saturated carbocycles. The van der Waals surface area contributed by atoms with Gasteiger partial charge in [-0.25, -0.2) is 12.9 Å². The lowest BCUT2D eigenvalue weighted by Crippen LogP contribution is -2.38. The van der Waals surface area contributed by atoms with E-state index in [0.717, 1.165) is 43.8 Å². The smallest absolute Gasteiger partial charge is 0.395 e. The highest BCUT2D eigenvalue weighted by atomic mass is 32.2. The van der Waals surface area contributed by atoms with E-state index in [1.165, 1.54) is 35.8 Å². The van der Waals surface area contributed by atoms with Crippen LogP contribution in [-0.4, -0.2) is 108 Å². The molecule has 0 spiro atoms. The molecule has 0 aliphatic carbocycles. The van der Waals surface area contributed by atoms with Crippen molar-refractivity contribution in [2.75, 3.05) is 72.5 Å². The monoisotopic (exact) mass is 642 g/mol. The first-order chi connectivity index (χ1) is 19.9. The average molecular weight is 643 g/mol. The second-order valence-corrected chi connectivity index (χ2v) is 13.4. The fourth-order valence-corrected chi connectivity index (χ4v) is 7.66. The summed E-state index contributed by atoms with van der Waals surface area (Å²) in [5.41, 5.74) is 0.126. The van der Waals surface area contributed by atoms with Crippen molar-refractivity contribution in [3.63, 3.8) is 0 Å². The van der Waals surface area contributed by atoms with E-state index < -0.39 is 12.1 Å². The quantitative estimate of drug-likeness (QED) is 0.138. The molecule has 0 radical (unpaired) electrons. The Bertz CT molecular complexity index is 1520. The summed E-state index contributed by atoms with van der Waals surface area (Å²) in [7, 11) is 6.64. The summed E-state index contributed by atoms with van der Waals surface area (Å²) >= 11 is 4.19. The molecule has 0 unspecified atom stereocenters. The number of halogens is 3. The van der Waals surface area contributed by atoms with E-state index in [9.17, 15) is 33.3 Å². The van der Waals surface area contributed by atoms with Crippen molar-refractivity contribution in [3.8, 4) is 0 Å². The van der Waals surface area contributed by atoms with Crippen molar-refractivity contribution in [1.82, 2.24) is 12.9 Å². The molecule has 0 aromatic heterocycles. The van der Waals surface area contributed by atoms with Crippen LogP contribution in [0.4, 0.5) is 18.9 Å². The van der Waals surface area contributed by atoms with Gasteiger partial charge in [0, 0.05) is 52.1 Å². The number of carbonyl (C=O) groups is 1. The van der Waals surface area contributed by atoms with Gasteiger partial charge in [-0.15, -0.1) is 0 Å². The van der Waals surface area contributed by atoms with Crippen molar-refractivity contribution in [2.45, 2.75) is 20.9 Å². The fourth-order valence-electron chi connectivity index (χ4n) is 4.75. The van der Waals surface area contributed by atoms with E-state index in [4.69, 9.17) is 0 Å². The van der Waals surface area contributed by atoms with Gasteiger partial charge in [0.15, 0.2) is 0 Å². The number of hydrogen-bond donors (Lipinski definition) is 3. The molecule has 0 bridgehead atoms. The van der Waals surface area contributed by atoms with E-state index in [1.807, 2.05) is 47.0 Å². The minimum absolute atomic E-state index is 0.0267. The van der Waals surface area contributed by atoms with Gasteiger partial charge in [0.25, 0.3) is 0 Å². The third kappa shape index (κ3) is 6.87. The normalized spacial score (nSPS) is 12.7. The molecule has 42 heavy (non-hydrogen) atoms. The van der Waals surface area contributed by atoms with Gasteiger partial charge < -0.3 is 20.2 Å². The van der Waals surface area contributed by atoms with Crippen LogP contribution >= 0.6 is 35.8 Å². The molecule has 0 heterocycles. The molecule has 0 saturated heterocycles. The first-order valence-electron chi connectivity index (χ1n) is 13.0. The number of rotatable bonds is 13. The van der Waals surface area contributed by atoms with Crippen LogP contribution in [0.1, 0.15) is 0 Å². The Hall–Kier alpha value is -2.01. The summed E-state index contributed by atoms with van der Waals surface area (Å²) in [5.74, 6) is -1.97. The molecular weight excluding hydrogens is 610 g/mol. The highest BCUT2D eigenvalue weighted by Gasteiger charge is 2.42. The predicted molar refractivity (Wildman–Crippen MR) is 166 cm³/mol. The number of anilines is 1. The van der Waals surface area contributed by atoms with Crippen LogP contribution in [0.2, 0.25) is 0 Å².